The molecule has 0 saturated heterocycles. The third-order valence-corrected chi connectivity index (χ3v) is 9.47. The van der Waals surface area contributed by atoms with Crippen LogP contribution >= 0.6 is 11.6 Å². The Morgan fingerprint density at radius 2 is 1.82 bits per heavy atom. The molecule has 0 radical (unpaired) electrons. The number of halogens is 1. The largest absolute Gasteiger partial charge is 0.389 e. The van der Waals surface area contributed by atoms with Gasteiger partial charge in [-0.15, -0.1) is 0 Å². The van der Waals surface area contributed by atoms with Gasteiger partial charge in [-0.05, 0) is 95.2 Å². The van der Waals surface area contributed by atoms with Crippen molar-refractivity contribution in [2.24, 2.45) is 17.3 Å². The molecule has 4 aliphatic carbocycles. The zero-order chi connectivity index (χ0) is 24.5. The van der Waals surface area contributed by atoms with Crippen molar-refractivity contribution in [3.05, 3.63) is 58.2 Å². The van der Waals surface area contributed by atoms with Gasteiger partial charge in [0.05, 0.1) is 6.10 Å². The normalized spacial score (nSPS) is 37.3. The lowest BCUT2D eigenvalue weighted by molar-refractivity contribution is -0.114. The zero-order valence-corrected chi connectivity index (χ0v) is 21.4. The Hall–Kier alpha value is -1.86. The fourth-order valence-electron chi connectivity index (χ4n) is 7.49. The first-order valence-corrected chi connectivity index (χ1v) is 13.0. The first-order valence-electron chi connectivity index (χ1n) is 12.6. The summed E-state index contributed by atoms with van der Waals surface area (Å²) in [5, 5.41) is 25.1. The maximum atomic E-state index is 12.2. The Kier molecular flexibility index (Phi) is 5.68. The average molecular weight is 479 g/mol. The summed E-state index contributed by atoms with van der Waals surface area (Å²) in [6.07, 6.45) is 5.34. The SMILES string of the molecule is CC(C)(C)c1ccc([C@H]2C[C@@]3(C)[C@@H](C[C@@H](O)[C@]3(O)C#CCl)[C@@H]3CCC4=CC(=O)CCC4=C32)cc1. The van der Waals surface area contributed by atoms with E-state index in [2.05, 4.69) is 63.3 Å². The number of aliphatic hydroxyl groups excluding tert-OH is 1. The summed E-state index contributed by atoms with van der Waals surface area (Å²) < 4.78 is 0. The minimum absolute atomic E-state index is 0.0722. The monoisotopic (exact) mass is 478 g/mol. The minimum Gasteiger partial charge on any atom is -0.389 e. The van der Waals surface area contributed by atoms with Gasteiger partial charge in [-0.2, -0.15) is 0 Å². The lowest BCUT2D eigenvalue weighted by Gasteiger charge is -2.53. The first kappa shape index (κ1) is 23.9. The fourth-order valence-corrected chi connectivity index (χ4v) is 7.63. The molecular weight excluding hydrogens is 444 g/mol. The standard InChI is InChI=1S/C30H35ClO3/c1-28(2,3)20-8-5-18(6-9-20)24-17-29(4)25(16-26(33)30(29,34)13-14-31)23-11-7-19-15-21(32)10-12-22(19)27(23)24/h5-6,8-9,15,23-26,33-34H,7,10-12,16-17H2,1-4H3/t23-,24+,25-,26+,29-,30+/m0/s1. The molecule has 0 aliphatic heterocycles. The van der Waals surface area contributed by atoms with E-state index in [1.165, 1.54) is 27.8 Å². The van der Waals surface area contributed by atoms with Crippen LogP contribution in [-0.4, -0.2) is 27.7 Å². The highest BCUT2D eigenvalue weighted by molar-refractivity contribution is 6.30. The number of hydrogen-bond acceptors (Lipinski definition) is 3. The molecule has 6 atom stereocenters. The van der Waals surface area contributed by atoms with Crippen molar-refractivity contribution in [3.8, 4) is 11.3 Å². The molecule has 4 heteroatoms. The molecule has 0 heterocycles. The van der Waals surface area contributed by atoms with Crippen LogP contribution in [-0.2, 0) is 10.2 Å². The zero-order valence-electron chi connectivity index (χ0n) is 20.6. The highest BCUT2D eigenvalue weighted by atomic mass is 35.5. The first-order chi connectivity index (χ1) is 16.0. The summed E-state index contributed by atoms with van der Waals surface area (Å²) in [4.78, 5) is 12.2. The summed E-state index contributed by atoms with van der Waals surface area (Å²) in [5.41, 5.74) is 4.49. The van der Waals surface area contributed by atoms with E-state index in [1.807, 2.05) is 6.08 Å². The van der Waals surface area contributed by atoms with Crippen molar-refractivity contribution < 1.29 is 15.0 Å². The van der Waals surface area contributed by atoms with E-state index in [-0.39, 0.29) is 29.0 Å². The van der Waals surface area contributed by atoms with Gasteiger partial charge in [-0.25, -0.2) is 0 Å². The number of hydrogen-bond donors (Lipinski definition) is 2. The maximum Gasteiger partial charge on any atom is 0.157 e. The van der Waals surface area contributed by atoms with E-state index in [9.17, 15) is 15.0 Å². The molecule has 2 N–H and O–H groups in total. The van der Waals surface area contributed by atoms with E-state index in [0.717, 1.165) is 19.3 Å². The van der Waals surface area contributed by atoms with Gasteiger partial charge in [-0.1, -0.05) is 57.5 Å². The van der Waals surface area contributed by atoms with Gasteiger partial charge < -0.3 is 10.2 Å². The summed E-state index contributed by atoms with van der Waals surface area (Å²) in [5.74, 6) is 3.54. The third kappa shape index (κ3) is 3.45. The van der Waals surface area contributed by atoms with Gasteiger partial charge in [0.25, 0.3) is 0 Å². The summed E-state index contributed by atoms with van der Waals surface area (Å²) >= 11 is 5.80. The molecule has 2 saturated carbocycles. The molecule has 0 amide bonds. The number of ketones is 1. The number of aliphatic hydroxyl groups is 2. The van der Waals surface area contributed by atoms with Crippen LogP contribution in [0.3, 0.4) is 0 Å². The lowest BCUT2D eigenvalue weighted by atomic mass is 9.51. The van der Waals surface area contributed by atoms with Crippen molar-refractivity contribution in [1.82, 2.24) is 0 Å². The Balaban J connectivity index is 1.68. The van der Waals surface area contributed by atoms with Crippen LogP contribution in [0.5, 0.6) is 0 Å². The second-order valence-electron chi connectivity index (χ2n) is 12.1. The molecule has 0 unspecified atom stereocenters. The maximum absolute atomic E-state index is 12.2. The molecule has 34 heavy (non-hydrogen) atoms. The average Bonchev–Trinajstić information content (AvgIpc) is 2.98. The van der Waals surface area contributed by atoms with E-state index >= 15 is 0 Å². The summed E-state index contributed by atoms with van der Waals surface area (Å²) in [6, 6.07) is 8.93. The van der Waals surface area contributed by atoms with Crippen molar-refractivity contribution in [2.45, 2.75) is 89.3 Å². The highest BCUT2D eigenvalue weighted by Crippen LogP contribution is 2.66. The van der Waals surface area contributed by atoms with Crippen LogP contribution in [0.2, 0.25) is 0 Å². The van der Waals surface area contributed by atoms with Gasteiger partial charge in [-0.3, -0.25) is 4.79 Å². The van der Waals surface area contributed by atoms with Crippen LogP contribution in [0.4, 0.5) is 0 Å². The van der Waals surface area contributed by atoms with Gasteiger partial charge in [0, 0.05) is 23.1 Å². The predicted octanol–water partition coefficient (Wildman–Crippen LogP) is 5.79. The molecule has 180 valence electrons. The number of carbonyl (C=O) groups is 1. The fraction of sp³-hybridized carbons (Fsp3) is 0.567. The second kappa shape index (κ2) is 8.09. The Bertz CT molecular complexity index is 1140. The van der Waals surface area contributed by atoms with Crippen molar-refractivity contribution in [3.63, 3.8) is 0 Å². The number of carbonyl (C=O) groups excluding carboxylic acids is 1. The van der Waals surface area contributed by atoms with Crippen molar-refractivity contribution in [1.29, 1.82) is 0 Å². The number of rotatable bonds is 1. The summed E-state index contributed by atoms with van der Waals surface area (Å²) in [7, 11) is 0. The molecular formula is C30H35ClO3. The number of fused-ring (bicyclic) bond motifs is 4. The molecule has 4 aliphatic rings. The van der Waals surface area contributed by atoms with Gasteiger partial charge in [0.15, 0.2) is 11.4 Å². The minimum atomic E-state index is -1.53. The smallest absolute Gasteiger partial charge is 0.157 e. The molecule has 3 nitrogen and oxygen atoms in total. The Morgan fingerprint density at radius 3 is 2.47 bits per heavy atom. The summed E-state index contributed by atoms with van der Waals surface area (Å²) in [6.45, 7) is 8.76. The van der Waals surface area contributed by atoms with Crippen LogP contribution in [0, 0.1) is 28.6 Å². The Labute approximate surface area is 208 Å². The van der Waals surface area contributed by atoms with Gasteiger partial charge in [0.1, 0.15) is 0 Å². The number of benzene rings is 1. The van der Waals surface area contributed by atoms with Crippen LogP contribution in [0.25, 0.3) is 0 Å². The molecule has 1 aromatic carbocycles. The lowest BCUT2D eigenvalue weighted by Crippen LogP contribution is -2.54. The molecule has 5 rings (SSSR count). The molecule has 0 aromatic heterocycles. The predicted molar refractivity (Wildman–Crippen MR) is 135 cm³/mol. The number of allylic oxidation sites excluding steroid dienone is 4. The topological polar surface area (TPSA) is 57.5 Å². The van der Waals surface area contributed by atoms with E-state index in [0.29, 0.717) is 19.3 Å². The molecule has 2 fully saturated rings. The quantitative estimate of drug-likeness (QED) is 0.502. The third-order valence-electron chi connectivity index (χ3n) is 9.37. The van der Waals surface area contributed by atoms with Crippen LogP contribution < -0.4 is 0 Å². The van der Waals surface area contributed by atoms with Crippen LogP contribution in [0.15, 0.2) is 47.1 Å². The van der Waals surface area contributed by atoms with E-state index in [1.54, 1.807) is 0 Å². The van der Waals surface area contributed by atoms with E-state index < -0.39 is 17.1 Å². The molecule has 1 aromatic rings. The van der Waals surface area contributed by atoms with Gasteiger partial charge in [0.2, 0.25) is 0 Å². The van der Waals surface area contributed by atoms with Crippen LogP contribution in [0.1, 0.15) is 83.3 Å². The second-order valence-corrected chi connectivity index (χ2v) is 12.3. The van der Waals surface area contributed by atoms with Crippen molar-refractivity contribution >= 4 is 17.4 Å². The molecule has 0 bridgehead atoms. The Morgan fingerprint density at radius 1 is 1.12 bits per heavy atom. The van der Waals surface area contributed by atoms with Gasteiger partial charge >= 0.3 is 0 Å². The van der Waals surface area contributed by atoms with Crippen molar-refractivity contribution in [2.75, 3.05) is 0 Å². The highest BCUT2D eigenvalue weighted by Gasteiger charge is 2.66. The molecule has 0 spiro atoms. The van der Waals surface area contributed by atoms with E-state index in [4.69, 9.17) is 11.6 Å².